The van der Waals surface area contributed by atoms with Crippen molar-refractivity contribution in [3.05, 3.63) is 35.9 Å². The van der Waals surface area contributed by atoms with E-state index in [9.17, 15) is 23.1 Å². The van der Waals surface area contributed by atoms with Crippen molar-refractivity contribution in [2.24, 2.45) is 0 Å². The van der Waals surface area contributed by atoms with Crippen LogP contribution < -0.4 is 5.32 Å². The third kappa shape index (κ3) is 3.14. The van der Waals surface area contributed by atoms with E-state index < -0.39 is 23.9 Å². The molecule has 24 heavy (non-hydrogen) atoms. The zero-order valence-electron chi connectivity index (χ0n) is 12.7. The number of carbonyl (C=O) groups excluding carboxylic acids is 1. The molecule has 1 aliphatic rings. The maximum absolute atomic E-state index is 12.6. The molecule has 2 heterocycles. The fourth-order valence-electron chi connectivity index (χ4n) is 2.77. The number of aliphatic hydroxyl groups excluding tert-OH is 1. The van der Waals surface area contributed by atoms with Crippen molar-refractivity contribution in [3.8, 4) is 0 Å². The summed E-state index contributed by atoms with van der Waals surface area (Å²) in [6.45, 7) is 1.13. The van der Waals surface area contributed by atoms with Gasteiger partial charge in [0.2, 0.25) is 5.91 Å². The van der Waals surface area contributed by atoms with Crippen LogP contribution in [0, 0.1) is 6.92 Å². The van der Waals surface area contributed by atoms with Gasteiger partial charge in [0.1, 0.15) is 6.54 Å². The lowest BCUT2D eigenvalue weighted by Crippen LogP contribution is -2.56. The summed E-state index contributed by atoms with van der Waals surface area (Å²) in [6, 6.07) is 1.89. The largest absolute Gasteiger partial charge is 0.435 e. The minimum atomic E-state index is -4.55. The van der Waals surface area contributed by atoms with Crippen LogP contribution in [-0.2, 0) is 17.5 Å². The van der Waals surface area contributed by atoms with Gasteiger partial charge >= 0.3 is 6.18 Å². The van der Waals surface area contributed by atoms with Gasteiger partial charge in [-0.2, -0.15) is 23.4 Å². The van der Waals surface area contributed by atoms with E-state index in [2.05, 4.69) is 15.5 Å². The summed E-state index contributed by atoms with van der Waals surface area (Å²) in [4.78, 5) is 12.1. The van der Waals surface area contributed by atoms with Crippen molar-refractivity contribution in [3.63, 3.8) is 0 Å². The minimum Gasteiger partial charge on any atom is -0.391 e. The molecule has 3 rings (SSSR count). The number of aryl methyl sites for hydroxylation is 1. The topological polar surface area (TPSA) is 85.0 Å². The number of aliphatic hydroxyl groups is 1. The third-order valence-corrected chi connectivity index (χ3v) is 4.04. The average Bonchev–Trinajstić information content (AvgIpc) is 3.08. The van der Waals surface area contributed by atoms with E-state index >= 15 is 0 Å². The van der Waals surface area contributed by atoms with E-state index in [4.69, 9.17) is 0 Å². The van der Waals surface area contributed by atoms with Crippen molar-refractivity contribution >= 4 is 5.91 Å². The SMILES string of the molecule is Cc1cc(C(F)(F)F)nn1CC(=O)N[C@H]1C[C@@H](O)[C@@H]1n1cccn1. The first-order valence-electron chi connectivity index (χ1n) is 7.34. The van der Waals surface area contributed by atoms with Crippen LogP contribution in [-0.4, -0.2) is 42.7 Å². The highest BCUT2D eigenvalue weighted by Gasteiger charge is 2.42. The minimum absolute atomic E-state index is 0.245. The molecule has 3 atom stereocenters. The van der Waals surface area contributed by atoms with Gasteiger partial charge in [0.15, 0.2) is 5.69 Å². The lowest BCUT2D eigenvalue weighted by molar-refractivity contribution is -0.141. The number of halogens is 3. The zero-order valence-corrected chi connectivity index (χ0v) is 12.7. The number of aromatic nitrogens is 4. The molecule has 7 nitrogen and oxygen atoms in total. The fourth-order valence-corrected chi connectivity index (χ4v) is 2.77. The summed E-state index contributed by atoms with van der Waals surface area (Å²) in [5, 5.41) is 20.0. The second-order valence-corrected chi connectivity index (χ2v) is 5.78. The Labute approximate surface area is 135 Å². The average molecular weight is 343 g/mol. The summed E-state index contributed by atoms with van der Waals surface area (Å²) in [7, 11) is 0. The maximum atomic E-state index is 12.6. The van der Waals surface area contributed by atoms with Crippen LogP contribution >= 0.6 is 0 Å². The number of nitrogens with zero attached hydrogens (tertiary/aromatic N) is 4. The summed E-state index contributed by atoms with van der Waals surface area (Å²) in [6.07, 6.45) is -1.56. The molecule has 0 radical (unpaired) electrons. The smallest absolute Gasteiger partial charge is 0.391 e. The number of hydrogen-bond donors (Lipinski definition) is 2. The Morgan fingerprint density at radius 3 is 2.79 bits per heavy atom. The number of amides is 1. The molecule has 0 aliphatic heterocycles. The zero-order chi connectivity index (χ0) is 17.5. The molecule has 2 aromatic heterocycles. The first kappa shape index (κ1) is 16.5. The molecule has 0 saturated heterocycles. The fraction of sp³-hybridized carbons (Fsp3) is 0.500. The highest BCUT2D eigenvalue weighted by Crippen LogP contribution is 2.32. The number of alkyl halides is 3. The Hall–Kier alpha value is -2.36. The first-order chi connectivity index (χ1) is 11.3. The van der Waals surface area contributed by atoms with Crippen molar-refractivity contribution in [1.82, 2.24) is 24.9 Å². The predicted octanol–water partition coefficient (Wildman–Crippen LogP) is 0.898. The Bertz CT molecular complexity index is 725. The van der Waals surface area contributed by atoms with Gasteiger partial charge in [-0.1, -0.05) is 0 Å². The van der Waals surface area contributed by atoms with Crippen LogP contribution in [0.4, 0.5) is 13.2 Å². The molecule has 1 saturated carbocycles. The summed E-state index contributed by atoms with van der Waals surface area (Å²) in [5.74, 6) is -0.469. The van der Waals surface area contributed by atoms with Crippen LogP contribution in [0.15, 0.2) is 24.5 Å². The van der Waals surface area contributed by atoms with E-state index in [1.54, 1.807) is 23.1 Å². The van der Waals surface area contributed by atoms with Crippen LogP contribution in [0.3, 0.4) is 0 Å². The first-order valence-corrected chi connectivity index (χ1v) is 7.34. The van der Waals surface area contributed by atoms with Gasteiger partial charge in [-0.3, -0.25) is 14.2 Å². The monoisotopic (exact) mass is 343 g/mol. The quantitative estimate of drug-likeness (QED) is 0.864. The van der Waals surface area contributed by atoms with Gasteiger partial charge < -0.3 is 10.4 Å². The number of hydrogen-bond acceptors (Lipinski definition) is 4. The van der Waals surface area contributed by atoms with Crippen LogP contribution in [0.5, 0.6) is 0 Å². The molecule has 2 aromatic rings. The molecule has 130 valence electrons. The van der Waals surface area contributed by atoms with Gasteiger partial charge in [-0.05, 0) is 25.5 Å². The maximum Gasteiger partial charge on any atom is 0.435 e. The highest BCUT2D eigenvalue weighted by molar-refractivity contribution is 5.76. The highest BCUT2D eigenvalue weighted by atomic mass is 19.4. The van der Waals surface area contributed by atoms with Gasteiger partial charge in [0.05, 0.1) is 18.2 Å². The Morgan fingerprint density at radius 2 is 2.25 bits per heavy atom. The second-order valence-electron chi connectivity index (χ2n) is 5.78. The molecule has 10 heteroatoms. The summed E-state index contributed by atoms with van der Waals surface area (Å²) < 4.78 is 40.5. The number of nitrogens with one attached hydrogen (secondary N) is 1. The lowest BCUT2D eigenvalue weighted by Gasteiger charge is -2.41. The van der Waals surface area contributed by atoms with Crippen LogP contribution in [0.2, 0.25) is 0 Å². The molecule has 0 bridgehead atoms. The Morgan fingerprint density at radius 1 is 1.50 bits per heavy atom. The second kappa shape index (κ2) is 5.93. The van der Waals surface area contributed by atoms with E-state index in [-0.39, 0.29) is 24.3 Å². The van der Waals surface area contributed by atoms with E-state index in [1.165, 1.54) is 6.92 Å². The van der Waals surface area contributed by atoms with Gasteiger partial charge in [0, 0.05) is 18.1 Å². The molecular weight excluding hydrogens is 327 g/mol. The standard InChI is InChI=1S/C14H16F3N5O2/c1-8-5-11(14(15,16)17)20-22(8)7-12(24)19-9-6-10(23)13(9)21-4-2-3-18-21/h2-5,9-10,13,23H,6-7H2,1H3,(H,19,24)/t9-,10+,13+/m0/s1. The van der Waals surface area contributed by atoms with Gasteiger partial charge in [-0.15, -0.1) is 0 Å². The molecule has 1 amide bonds. The number of carbonyl (C=O) groups is 1. The Balaban J connectivity index is 1.63. The van der Waals surface area contributed by atoms with Gasteiger partial charge in [0.25, 0.3) is 0 Å². The van der Waals surface area contributed by atoms with Crippen LogP contribution in [0.1, 0.15) is 23.9 Å². The molecule has 0 aromatic carbocycles. The molecule has 2 N–H and O–H groups in total. The summed E-state index contributed by atoms with van der Waals surface area (Å²) >= 11 is 0. The van der Waals surface area contributed by atoms with Crippen molar-refractivity contribution in [2.75, 3.05) is 0 Å². The molecule has 1 fully saturated rings. The molecule has 0 unspecified atom stereocenters. The Kier molecular flexibility index (Phi) is 4.08. The van der Waals surface area contributed by atoms with E-state index in [0.29, 0.717) is 6.42 Å². The molecular formula is C14H16F3N5O2. The summed E-state index contributed by atoms with van der Waals surface area (Å²) in [5.41, 5.74) is -0.781. The number of rotatable bonds is 4. The van der Waals surface area contributed by atoms with Crippen molar-refractivity contribution < 1.29 is 23.1 Å². The van der Waals surface area contributed by atoms with Crippen molar-refractivity contribution in [2.45, 2.75) is 44.3 Å². The van der Waals surface area contributed by atoms with Gasteiger partial charge in [-0.25, -0.2) is 0 Å². The normalized spacial score (nSPS) is 23.8. The lowest BCUT2D eigenvalue weighted by atomic mass is 9.83. The van der Waals surface area contributed by atoms with Crippen LogP contribution in [0.25, 0.3) is 0 Å². The predicted molar refractivity (Wildman–Crippen MR) is 75.8 cm³/mol. The van der Waals surface area contributed by atoms with E-state index in [0.717, 1.165) is 10.7 Å². The van der Waals surface area contributed by atoms with Crippen molar-refractivity contribution in [1.29, 1.82) is 0 Å². The molecule has 0 spiro atoms. The third-order valence-electron chi connectivity index (χ3n) is 4.04. The van der Waals surface area contributed by atoms with E-state index in [1.807, 2.05) is 0 Å². The molecule has 1 aliphatic carbocycles.